The van der Waals surface area contributed by atoms with Gasteiger partial charge in [0.15, 0.2) is 0 Å². The summed E-state index contributed by atoms with van der Waals surface area (Å²) in [4.78, 5) is 4.46. The highest BCUT2D eigenvalue weighted by Gasteiger charge is 2.22. The summed E-state index contributed by atoms with van der Waals surface area (Å²) in [6.45, 7) is 0. The predicted molar refractivity (Wildman–Crippen MR) is 77.6 cm³/mol. The first-order chi connectivity index (χ1) is 9.25. The molecule has 1 N–H and O–H groups in total. The standard InChI is InChI=1S/C15H14BrFN2/c16-11-6-2-7-12(17)15(11)19-13-8-1-4-10-5-3-9-18-14(10)13/h2-3,5-7,9,13,19H,1,4,8H2. The number of nitrogens with one attached hydrogen (secondary N) is 1. The number of nitrogens with zero attached hydrogens (tertiary/aromatic N) is 1. The summed E-state index contributed by atoms with van der Waals surface area (Å²) < 4.78 is 14.6. The average Bonchev–Trinajstić information content (AvgIpc) is 2.43. The largest absolute Gasteiger partial charge is 0.373 e. The maximum Gasteiger partial charge on any atom is 0.147 e. The molecule has 1 heterocycles. The van der Waals surface area contributed by atoms with Gasteiger partial charge in [-0.05, 0) is 59.0 Å². The lowest BCUT2D eigenvalue weighted by Gasteiger charge is -2.26. The Morgan fingerprint density at radius 3 is 3.00 bits per heavy atom. The third kappa shape index (κ3) is 2.50. The zero-order valence-electron chi connectivity index (χ0n) is 10.4. The van der Waals surface area contributed by atoms with Gasteiger partial charge in [0, 0.05) is 10.7 Å². The number of anilines is 1. The third-order valence-electron chi connectivity index (χ3n) is 3.48. The van der Waals surface area contributed by atoms with Gasteiger partial charge in [0.2, 0.25) is 0 Å². The van der Waals surface area contributed by atoms with Crippen LogP contribution in [0.25, 0.3) is 0 Å². The zero-order chi connectivity index (χ0) is 13.2. The lowest BCUT2D eigenvalue weighted by molar-refractivity contribution is 0.572. The monoisotopic (exact) mass is 320 g/mol. The molecule has 0 radical (unpaired) electrons. The van der Waals surface area contributed by atoms with Crippen LogP contribution in [0, 0.1) is 5.82 Å². The van der Waals surface area contributed by atoms with Crippen LogP contribution in [0.3, 0.4) is 0 Å². The molecule has 2 nitrogen and oxygen atoms in total. The molecule has 0 fully saturated rings. The minimum Gasteiger partial charge on any atom is -0.373 e. The van der Waals surface area contributed by atoms with Gasteiger partial charge >= 0.3 is 0 Å². The number of benzene rings is 1. The molecule has 1 aromatic heterocycles. The molecule has 1 aromatic carbocycles. The highest BCUT2D eigenvalue weighted by molar-refractivity contribution is 9.10. The fraction of sp³-hybridized carbons (Fsp3) is 0.267. The molecule has 1 unspecified atom stereocenters. The molecule has 1 aliphatic carbocycles. The van der Waals surface area contributed by atoms with Crippen LogP contribution in [0.1, 0.15) is 30.1 Å². The second-order valence-corrected chi connectivity index (χ2v) is 5.59. The normalized spacial score (nSPS) is 17.9. The summed E-state index contributed by atoms with van der Waals surface area (Å²) in [5.74, 6) is -0.238. The molecule has 1 aliphatic rings. The highest BCUT2D eigenvalue weighted by atomic mass is 79.9. The molecule has 3 rings (SSSR count). The van der Waals surface area contributed by atoms with Crippen molar-refractivity contribution in [2.24, 2.45) is 0 Å². The van der Waals surface area contributed by atoms with E-state index in [0.717, 1.165) is 29.4 Å². The Labute approximate surface area is 120 Å². The smallest absolute Gasteiger partial charge is 0.147 e. The molecular weight excluding hydrogens is 307 g/mol. The van der Waals surface area contributed by atoms with Crippen molar-refractivity contribution in [2.75, 3.05) is 5.32 Å². The predicted octanol–water partition coefficient (Wildman–Crippen LogP) is 4.47. The van der Waals surface area contributed by atoms with Crippen molar-refractivity contribution < 1.29 is 4.39 Å². The van der Waals surface area contributed by atoms with Gasteiger partial charge in [-0.3, -0.25) is 4.98 Å². The van der Waals surface area contributed by atoms with Crippen molar-refractivity contribution in [1.29, 1.82) is 0 Å². The maximum absolute atomic E-state index is 13.9. The summed E-state index contributed by atoms with van der Waals surface area (Å²) in [5.41, 5.74) is 2.83. The van der Waals surface area contributed by atoms with Gasteiger partial charge in [0.1, 0.15) is 5.82 Å². The van der Waals surface area contributed by atoms with E-state index in [9.17, 15) is 4.39 Å². The first-order valence-corrected chi connectivity index (χ1v) is 7.19. The number of rotatable bonds is 2. The Morgan fingerprint density at radius 1 is 1.26 bits per heavy atom. The van der Waals surface area contributed by atoms with E-state index in [1.54, 1.807) is 12.3 Å². The van der Waals surface area contributed by atoms with Crippen molar-refractivity contribution >= 4 is 21.6 Å². The molecule has 98 valence electrons. The molecular formula is C15H14BrFN2. The number of hydrogen-bond donors (Lipinski definition) is 1. The molecule has 1 atom stereocenters. The van der Waals surface area contributed by atoms with Gasteiger partial charge in [-0.2, -0.15) is 0 Å². The minimum atomic E-state index is -0.238. The van der Waals surface area contributed by atoms with Crippen LogP contribution in [0.15, 0.2) is 41.0 Å². The second kappa shape index (κ2) is 5.29. The van der Waals surface area contributed by atoms with Crippen molar-refractivity contribution in [3.05, 3.63) is 58.1 Å². The van der Waals surface area contributed by atoms with Crippen molar-refractivity contribution in [2.45, 2.75) is 25.3 Å². The molecule has 0 bridgehead atoms. The lowest BCUT2D eigenvalue weighted by atomic mass is 9.92. The molecule has 0 spiro atoms. The van der Waals surface area contributed by atoms with Crippen LogP contribution in [0.5, 0.6) is 0 Å². The number of halogens is 2. The van der Waals surface area contributed by atoms with Gasteiger partial charge < -0.3 is 5.32 Å². The van der Waals surface area contributed by atoms with E-state index in [1.807, 2.05) is 12.1 Å². The Morgan fingerprint density at radius 2 is 2.16 bits per heavy atom. The number of fused-ring (bicyclic) bond motifs is 1. The fourth-order valence-electron chi connectivity index (χ4n) is 2.56. The quantitative estimate of drug-likeness (QED) is 0.882. The van der Waals surface area contributed by atoms with Crippen molar-refractivity contribution in [3.63, 3.8) is 0 Å². The molecule has 0 amide bonds. The summed E-state index contributed by atoms with van der Waals surface area (Å²) >= 11 is 3.39. The van der Waals surface area contributed by atoms with Crippen molar-refractivity contribution in [3.8, 4) is 0 Å². The van der Waals surface area contributed by atoms with Crippen LogP contribution in [-0.2, 0) is 6.42 Å². The summed E-state index contributed by atoms with van der Waals surface area (Å²) in [7, 11) is 0. The third-order valence-corrected chi connectivity index (χ3v) is 4.14. The van der Waals surface area contributed by atoms with E-state index < -0.39 is 0 Å². The van der Waals surface area contributed by atoms with Gasteiger partial charge in [-0.25, -0.2) is 4.39 Å². The topological polar surface area (TPSA) is 24.9 Å². The van der Waals surface area contributed by atoms with Crippen LogP contribution >= 0.6 is 15.9 Å². The Hall–Kier alpha value is -1.42. The summed E-state index contributed by atoms with van der Waals surface area (Å²) in [6.07, 6.45) is 4.93. The number of aromatic nitrogens is 1. The van der Waals surface area contributed by atoms with Crippen LogP contribution < -0.4 is 5.32 Å². The SMILES string of the molecule is Fc1cccc(Br)c1NC1CCCc2cccnc21. The van der Waals surface area contributed by atoms with Crippen molar-refractivity contribution in [1.82, 2.24) is 4.98 Å². The molecule has 0 saturated carbocycles. The van der Waals surface area contributed by atoms with E-state index in [-0.39, 0.29) is 11.9 Å². The van der Waals surface area contributed by atoms with Gasteiger partial charge in [0.05, 0.1) is 17.4 Å². The maximum atomic E-state index is 13.9. The Balaban J connectivity index is 1.93. The number of para-hydroxylation sites is 1. The number of aryl methyl sites for hydroxylation is 1. The van der Waals surface area contributed by atoms with Gasteiger partial charge in [-0.1, -0.05) is 12.1 Å². The van der Waals surface area contributed by atoms with Gasteiger partial charge in [0.25, 0.3) is 0 Å². The zero-order valence-corrected chi connectivity index (χ0v) is 12.0. The molecule has 0 saturated heterocycles. The van der Waals surface area contributed by atoms with E-state index in [2.05, 4.69) is 32.3 Å². The summed E-state index contributed by atoms with van der Waals surface area (Å²) in [6, 6.07) is 9.14. The fourth-order valence-corrected chi connectivity index (χ4v) is 3.02. The Bertz CT molecular complexity index is 580. The summed E-state index contributed by atoms with van der Waals surface area (Å²) in [5, 5.41) is 3.29. The van der Waals surface area contributed by atoms with E-state index >= 15 is 0 Å². The highest BCUT2D eigenvalue weighted by Crippen LogP contribution is 2.34. The Kier molecular flexibility index (Phi) is 3.51. The van der Waals surface area contributed by atoms with Crippen LogP contribution in [-0.4, -0.2) is 4.98 Å². The number of pyridine rings is 1. The van der Waals surface area contributed by atoms with E-state index in [0.29, 0.717) is 5.69 Å². The lowest BCUT2D eigenvalue weighted by Crippen LogP contribution is -2.19. The molecule has 19 heavy (non-hydrogen) atoms. The number of hydrogen-bond acceptors (Lipinski definition) is 2. The molecule has 2 aromatic rings. The van der Waals surface area contributed by atoms with E-state index in [4.69, 9.17) is 0 Å². The first-order valence-electron chi connectivity index (χ1n) is 6.40. The molecule has 0 aliphatic heterocycles. The molecule has 4 heteroatoms. The first kappa shape index (κ1) is 12.6. The van der Waals surface area contributed by atoms with Crippen LogP contribution in [0.4, 0.5) is 10.1 Å². The van der Waals surface area contributed by atoms with Crippen LogP contribution in [0.2, 0.25) is 0 Å². The minimum absolute atomic E-state index is 0.0816. The van der Waals surface area contributed by atoms with Gasteiger partial charge in [-0.15, -0.1) is 0 Å². The average molecular weight is 321 g/mol. The van der Waals surface area contributed by atoms with E-state index in [1.165, 1.54) is 11.6 Å². The second-order valence-electron chi connectivity index (χ2n) is 4.73.